The third-order valence-corrected chi connectivity index (χ3v) is 5.33. The van der Waals surface area contributed by atoms with Gasteiger partial charge in [0, 0.05) is 23.7 Å². The lowest BCUT2D eigenvalue weighted by atomic mass is 9.84. The van der Waals surface area contributed by atoms with Crippen LogP contribution in [0.15, 0.2) is 18.2 Å². The van der Waals surface area contributed by atoms with Crippen molar-refractivity contribution in [1.29, 1.82) is 0 Å². The molecule has 0 radical (unpaired) electrons. The van der Waals surface area contributed by atoms with Gasteiger partial charge < -0.3 is 5.73 Å². The fourth-order valence-corrected chi connectivity index (χ4v) is 4.34. The van der Waals surface area contributed by atoms with E-state index in [-0.39, 0.29) is 11.9 Å². The van der Waals surface area contributed by atoms with E-state index in [9.17, 15) is 4.39 Å². The molecular weight excluding hydrogens is 275 g/mol. The van der Waals surface area contributed by atoms with E-state index in [1.165, 1.54) is 44.2 Å². The molecule has 3 rings (SSSR count). The third kappa shape index (κ3) is 2.59. The van der Waals surface area contributed by atoms with Crippen molar-refractivity contribution in [1.82, 2.24) is 4.90 Å². The highest BCUT2D eigenvalue weighted by atomic mass is 35.5. The maximum absolute atomic E-state index is 13.2. The van der Waals surface area contributed by atoms with E-state index >= 15 is 0 Å². The number of nitrogens with two attached hydrogens (primary N) is 1. The highest BCUT2D eigenvalue weighted by molar-refractivity contribution is 6.31. The summed E-state index contributed by atoms with van der Waals surface area (Å²) in [6, 6.07) is 5.44. The summed E-state index contributed by atoms with van der Waals surface area (Å²) in [4.78, 5) is 2.52. The zero-order chi connectivity index (χ0) is 14.1. The number of rotatable bonds is 3. The van der Waals surface area contributed by atoms with E-state index in [2.05, 4.69) is 4.90 Å². The summed E-state index contributed by atoms with van der Waals surface area (Å²) in [6.07, 6.45) is 6.54. The molecule has 0 aromatic heterocycles. The van der Waals surface area contributed by atoms with Gasteiger partial charge in [0.05, 0.1) is 0 Å². The highest BCUT2D eigenvalue weighted by Gasteiger charge is 2.39. The van der Waals surface area contributed by atoms with Crippen LogP contribution in [0.5, 0.6) is 0 Å². The van der Waals surface area contributed by atoms with Gasteiger partial charge in [0.2, 0.25) is 0 Å². The topological polar surface area (TPSA) is 29.3 Å². The summed E-state index contributed by atoms with van der Waals surface area (Å²) < 4.78 is 13.2. The maximum Gasteiger partial charge on any atom is 0.124 e. The van der Waals surface area contributed by atoms with Crippen LogP contribution in [0.2, 0.25) is 5.02 Å². The third-order valence-electron chi connectivity index (χ3n) is 5.00. The number of benzene rings is 1. The Hall–Kier alpha value is -0.640. The van der Waals surface area contributed by atoms with E-state index in [0.29, 0.717) is 17.6 Å². The van der Waals surface area contributed by atoms with Crippen LogP contribution in [0.25, 0.3) is 0 Å². The molecule has 2 fully saturated rings. The van der Waals surface area contributed by atoms with Gasteiger partial charge in [-0.3, -0.25) is 4.90 Å². The molecule has 1 aliphatic heterocycles. The van der Waals surface area contributed by atoms with Gasteiger partial charge in [0.25, 0.3) is 0 Å². The number of fused-ring (bicyclic) bond motifs is 1. The zero-order valence-electron chi connectivity index (χ0n) is 11.7. The normalized spacial score (nSPS) is 28.4. The van der Waals surface area contributed by atoms with Crippen LogP contribution in [0.3, 0.4) is 0 Å². The standard InChI is InChI=1S/C16H22ClFN2/c17-14-9-12(18)5-6-13(14)16(10-19)20-8-7-11-3-1-2-4-15(11)20/h5-6,9,11,15-16H,1-4,7-8,10,19H2. The SMILES string of the molecule is NCC(c1ccc(F)cc1Cl)N1CCC2CCCCC21. The summed E-state index contributed by atoms with van der Waals surface area (Å²) >= 11 is 6.23. The Labute approximate surface area is 125 Å². The number of hydrogen-bond donors (Lipinski definition) is 1. The Kier molecular flexibility index (Phi) is 4.29. The molecule has 4 heteroatoms. The molecule has 110 valence electrons. The van der Waals surface area contributed by atoms with Crippen molar-refractivity contribution in [3.05, 3.63) is 34.6 Å². The average molecular weight is 297 g/mol. The van der Waals surface area contributed by atoms with Crippen LogP contribution in [0, 0.1) is 11.7 Å². The lowest BCUT2D eigenvalue weighted by Crippen LogP contribution is -2.40. The van der Waals surface area contributed by atoms with Crippen molar-refractivity contribution in [3.63, 3.8) is 0 Å². The lowest BCUT2D eigenvalue weighted by Gasteiger charge is -2.37. The first-order valence-corrected chi connectivity index (χ1v) is 7.99. The largest absolute Gasteiger partial charge is 0.329 e. The minimum absolute atomic E-state index is 0.121. The quantitative estimate of drug-likeness (QED) is 0.920. The van der Waals surface area contributed by atoms with Crippen molar-refractivity contribution in [2.75, 3.05) is 13.1 Å². The van der Waals surface area contributed by atoms with Crippen molar-refractivity contribution in [2.24, 2.45) is 11.7 Å². The van der Waals surface area contributed by atoms with Crippen LogP contribution in [0.1, 0.15) is 43.7 Å². The predicted octanol–water partition coefficient (Wildman–Crippen LogP) is 3.74. The number of halogens is 2. The zero-order valence-corrected chi connectivity index (χ0v) is 12.5. The van der Waals surface area contributed by atoms with Gasteiger partial charge in [-0.15, -0.1) is 0 Å². The van der Waals surface area contributed by atoms with E-state index in [1.54, 1.807) is 6.07 Å². The molecular formula is C16H22ClFN2. The minimum Gasteiger partial charge on any atom is -0.329 e. The van der Waals surface area contributed by atoms with Crippen LogP contribution >= 0.6 is 11.6 Å². The molecule has 2 N–H and O–H groups in total. The fourth-order valence-electron chi connectivity index (χ4n) is 4.04. The van der Waals surface area contributed by atoms with E-state index in [0.717, 1.165) is 18.0 Å². The van der Waals surface area contributed by atoms with E-state index < -0.39 is 0 Å². The molecule has 3 atom stereocenters. The molecule has 2 nitrogen and oxygen atoms in total. The molecule has 1 saturated heterocycles. The van der Waals surface area contributed by atoms with E-state index in [4.69, 9.17) is 17.3 Å². The van der Waals surface area contributed by atoms with E-state index in [1.807, 2.05) is 0 Å². The van der Waals surface area contributed by atoms with Gasteiger partial charge in [-0.2, -0.15) is 0 Å². The average Bonchev–Trinajstić information content (AvgIpc) is 2.86. The number of hydrogen-bond acceptors (Lipinski definition) is 2. The monoisotopic (exact) mass is 296 g/mol. The Morgan fingerprint density at radius 3 is 2.85 bits per heavy atom. The number of likely N-dealkylation sites (tertiary alicyclic amines) is 1. The smallest absolute Gasteiger partial charge is 0.124 e. The Bertz CT molecular complexity index is 480. The van der Waals surface area contributed by atoms with Crippen LogP contribution in [0.4, 0.5) is 4.39 Å². The molecule has 1 aromatic carbocycles. The van der Waals surface area contributed by atoms with Crippen LogP contribution in [-0.4, -0.2) is 24.0 Å². The Morgan fingerprint density at radius 1 is 1.30 bits per heavy atom. The Balaban J connectivity index is 1.86. The summed E-state index contributed by atoms with van der Waals surface area (Å²) in [5, 5.41) is 0.500. The summed E-state index contributed by atoms with van der Waals surface area (Å²) in [5.41, 5.74) is 6.99. The Morgan fingerprint density at radius 2 is 2.10 bits per heavy atom. The van der Waals surface area contributed by atoms with Crippen LogP contribution in [-0.2, 0) is 0 Å². The first-order valence-electron chi connectivity index (χ1n) is 7.61. The predicted molar refractivity (Wildman–Crippen MR) is 80.3 cm³/mol. The maximum atomic E-state index is 13.2. The summed E-state index contributed by atoms with van der Waals surface area (Å²) in [5.74, 6) is 0.531. The second kappa shape index (κ2) is 6.00. The van der Waals surface area contributed by atoms with Crippen molar-refractivity contribution >= 4 is 11.6 Å². The van der Waals surface area contributed by atoms with Gasteiger partial charge in [-0.25, -0.2) is 4.39 Å². The number of nitrogens with zero attached hydrogens (tertiary/aromatic N) is 1. The van der Waals surface area contributed by atoms with Crippen LogP contribution < -0.4 is 5.73 Å². The van der Waals surface area contributed by atoms with Crippen molar-refractivity contribution in [2.45, 2.75) is 44.2 Å². The highest BCUT2D eigenvalue weighted by Crippen LogP contribution is 2.41. The molecule has 3 unspecified atom stereocenters. The van der Waals surface area contributed by atoms with Gasteiger partial charge in [0.1, 0.15) is 5.82 Å². The molecule has 2 aliphatic rings. The summed E-state index contributed by atoms with van der Waals surface area (Å²) in [7, 11) is 0. The second-order valence-corrected chi connectivity index (χ2v) is 6.46. The van der Waals surface area contributed by atoms with Gasteiger partial charge in [0.15, 0.2) is 0 Å². The molecule has 0 amide bonds. The molecule has 0 bridgehead atoms. The minimum atomic E-state index is -0.286. The molecule has 1 aliphatic carbocycles. The van der Waals surface area contributed by atoms with Crippen molar-refractivity contribution in [3.8, 4) is 0 Å². The van der Waals surface area contributed by atoms with Gasteiger partial charge in [-0.05, 0) is 49.4 Å². The molecule has 1 heterocycles. The fraction of sp³-hybridized carbons (Fsp3) is 0.625. The van der Waals surface area contributed by atoms with Crippen molar-refractivity contribution < 1.29 is 4.39 Å². The molecule has 20 heavy (non-hydrogen) atoms. The first-order chi connectivity index (χ1) is 9.70. The summed E-state index contributed by atoms with van der Waals surface area (Å²) in [6.45, 7) is 1.62. The first kappa shape index (κ1) is 14.3. The molecule has 1 saturated carbocycles. The second-order valence-electron chi connectivity index (χ2n) is 6.06. The molecule has 1 aromatic rings. The lowest BCUT2D eigenvalue weighted by molar-refractivity contribution is 0.135. The van der Waals surface area contributed by atoms with Gasteiger partial charge in [-0.1, -0.05) is 30.5 Å². The van der Waals surface area contributed by atoms with Gasteiger partial charge >= 0.3 is 0 Å². The molecule has 0 spiro atoms.